The van der Waals surface area contributed by atoms with Crippen LogP contribution in [0.2, 0.25) is 0 Å². The maximum atomic E-state index is 11.3. The lowest BCUT2D eigenvalue weighted by Gasteiger charge is -2.61. The first kappa shape index (κ1) is 19.3. The Morgan fingerprint density at radius 2 is 1.88 bits per heavy atom. The molecule has 3 saturated carbocycles. The number of hydrogen-bond donors (Lipinski definition) is 3. The van der Waals surface area contributed by atoms with Gasteiger partial charge in [-0.1, -0.05) is 31.5 Å². The average Bonchev–Trinajstić information content (AvgIpc) is 2.78. The number of nitrogens with two attached hydrogens (primary N) is 1. The van der Waals surface area contributed by atoms with Crippen molar-refractivity contribution in [2.45, 2.75) is 37.5 Å². The Bertz CT molecular complexity index is 757. The molecule has 0 aliphatic heterocycles. The van der Waals surface area contributed by atoms with Gasteiger partial charge in [-0.05, 0) is 61.6 Å². The molecule has 6 nitrogen and oxygen atoms in total. The number of carbonyl (C=O) groups is 1. The maximum Gasteiger partial charge on any atom is 0.306 e. The molecule has 7 heteroatoms. The van der Waals surface area contributed by atoms with Gasteiger partial charge in [-0.25, -0.2) is 0 Å². The molecule has 144 valence electrons. The molecule has 1 unspecified atom stereocenters. The van der Waals surface area contributed by atoms with Crippen LogP contribution in [-0.2, 0) is 14.9 Å². The van der Waals surface area contributed by atoms with Gasteiger partial charge in [0.1, 0.15) is 0 Å². The van der Waals surface area contributed by atoms with Gasteiger partial charge in [-0.15, -0.1) is 0 Å². The summed E-state index contributed by atoms with van der Waals surface area (Å²) in [6.45, 7) is 2.44. The summed E-state index contributed by atoms with van der Waals surface area (Å²) in [5.74, 6) is 1.98. The van der Waals surface area contributed by atoms with E-state index in [0.717, 1.165) is 11.8 Å². The Kier molecular flexibility index (Phi) is 5.16. The molecular formula is C19H27NO5S. The molecule has 0 amide bonds. The summed E-state index contributed by atoms with van der Waals surface area (Å²) in [6.07, 6.45) is 5.13. The number of benzene rings is 1. The Morgan fingerprint density at radius 1 is 1.23 bits per heavy atom. The van der Waals surface area contributed by atoms with Crippen LogP contribution in [0.5, 0.6) is 0 Å². The van der Waals surface area contributed by atoms with Gasteiger partial charge >= 0.3 is 5.97 Å². The summed E-state index contributed by atoms with van der Waals surface area (Å²) in [5.41, 5.74) is 5.92. The van der Waals surface area contributed by atoms with Crippen LogP contribution in [0.3, 0.4) is 0 Å². The molecule has 0 aromatic heterocycles. The lowest BCUT2D eigenvalue weighted by molar-refractivity contribution is -0.174. The molecule has 3 aliphatic carbocycles. The van der Waals surface area contributed by atoms with E-state index in [1.807, 2.05) is 6.92 Å². The number of aliphatic carboxylic acids is 1. The molecule has 0 radical (unpaired) electrons. The molecule has 1 aromatic rings. The van der Waals surface area contributed by atoms with E-state index in [1.165, 1.54) is 37.8 Å². The number of fused-ring (bicyclic) bond motifs is 1. The summed E-state index contributed by atoms with van der Waals surface area (Å²) in [6, 6.07) is 7.42. The van der Waals surface area contributed by atoms with Crippen molar-refractivity contribution in [1.29, 1.82) is 0 Å². The Hall–Kier alpha value is -1.44. The van der Waals surface area contributed by atoms with Gasteiger partial charge in [-0.2, -0.15) is 8.42 Å². The van der Waals surface area contributed by atoms with Crippen LogP contribution in [0.15, 0.2) is 35.2 Å². The predicted octanol–water partition coefficient (Wildman–Crippen LogP) is 2.65. The SMILES string of the molecule is CC(C(=O)O)[C@]1(CN)[C@@H]2CC[C@H]3C[C@@H]2[C@@H]1C3.O=S(=O)(O)c1ccccc1. The fourth-order valence-electron chi connectivity index (χ4n) is 5.87. The van der Waals surface area contributed by atoms with Crippen LogP contribution in [0.4, 0.5) is 0 Å². The fourth-order valence-corrected chi connectivity index (χ4v) is 6.38. The molecule has 26 heavy (non-hydrogen) atoms. The van der Waals surface area contributed by atoms with Gasteiger partial charge in [0.2, 0.25) is 0 Å². The highest BCUT2D eigenvalue weighted by atomic mass is 32.2. The normalized spacial score (nSPS) is 35.7. The first-order valence-corrected chi connectivity index (χ1v) is 10.6. The summed E-state index contributed by atoms with van der Waals surface area (Å²) in [5, 5.41) is 9.31. The molecular weight excluding hydrogens is 354 g/mol. The van der Waals surface area contributed by atoms with Crippen molar-refractivity contribution in [3.8, 4) is 0 Å². The van der Waals surface area contributed by atoms with Crippen molar-refractivity contribution < 1.29 is 22.9 Å². The van der Waals surface area contributed by atoms with Crippen molar-refractivity contribution in [3.63, 3.8) is 0 Å². The Balaban J connectivity index is 0.000000170. The standard InChI is InChI=1S/C13H21NO2.C6H6O3S/c1-7(12(15)16)13(6-14)10-3-2-8-4-9(10)11(13)5-8;7-10(8,9)6-4-2-1-3-5-6/h7-11H,2-6,14H2,1H3,(H,15,16);1-5H,(H,7,8,9)/t7?,8-,9-,10+,11-,13+;/m0./s1. The number of carboxylic acid groups (broad SMARTS) is 1. The average molecular weight is 381 g/mol. The van der Waals surface area contributed by atoms with Gasteiger partial charge in [0.25, 0.3) is 10.1 Å². The van der Waals surface area contributed by atoms with E-state index in [2.05, 4.69) is 0 Å². The van der Waals surface area contributed by atoms with Crippen LogP contribution in [-0.4, -0.2) is 30.6 Å². The second kappa shape index (κ2) is 6.94. The Morgan fingerprint density at radius 3 is 2.38 bits per heavy atom. The molecule has 0 spiro atoms. The number of rotatable bonds is 4. The van der Waals surface area contributed by atoms with E-state index < -0.39 is 16.1 Å². The molecule has 1 aromatic carbocycles. The van der Waals surface area contributed by atoms with Gasteiger partial charge in [0.15, 0.2) is 0 Å². The van der Waals surface area contributed by atoms with Crippen molar-refractivity contribution in [3.05, 3.63) is 30.3 Å². The number of carboxylic acids is 1. The third kappa shape index (κ3) is 3.06. The summed E-state index contributed by atoms with van der Waals surface area (Å²) < 4.78 is 29.2. The van der Waals surface area contributed by atoms with Crippen molar-refractivity contribution in [2.24, 2.45) is 40.7 Å². The molecule has 4 N–H and O–H groups in total. The zero-order valence-corrected chi connectivity index (χ0v) is 15.7. The molecule has 3 fully saturated rings. The molecule has 3 aliphatic rings. The van der Waals surface area contributed by atoms with Crippen LogP contribution in [0.25, 0.3) is 0 Å². The topological polar surface area (TPSA) is 118 Å². The van der Waals surface area contributed by atoms with E-state index in [-0.39, 0.29) is 16.2 Å². The highest BCUT2D eigenvalue weighted by Gasteiger charge is 2.68. The minimum Gasteiger partial charge on any atom is -0.481 e. The monoisotopic (exact) mass is 381 g/mol. The van der Waals surface area contributed by atoms with Crippen LogP contribution in [0, 0.1) is 35.0 Å². The zero-order valence-electron chi connectivity index (χ0n) is 14.9. The van der Waals surface area contributed by atoms with Gasteiger partial charge in [-0.3, -0.25) is 9.35 Å². The summed E-state index contributed by atoms with van der Waals surface area (Å²) in [7, 11) is -4.00. The van der Waals surface area contributed by atoms with Gasteiger partial charge < -0.3 is 10.8 Å². The quantitative estimate of drug-likeness (QED) is 0.690. The highest BCUT2D eigenvalue weighted by molar-refractivity contribution is 7.85. The van der Waals surface area contributed by atoms with E-state index >= 15 is 0 Å². The van der Waals surface area contributed by atoms with E-state index in [0.29, 0.717) is 18.4 Å². The van der Waals surface area contributed by atoms with Crippen molar-refractivity contribution in [1.82, 2.24) is 0 Å². The van der Waals surface area contributed by atoms with Gasteiger partial charge in [0.05, 0.1) is 10.8 Å². The van der Waals surface area contributed by atoms with Crippen LogP contribution >= 0.6 is 0 Å². The van der Waals surface area contributed by atoms with Crippen LogP contribution < -0.4 is 5.73 Å². The fraction of sp³-hybridized carbons (Fsp3) is 0.632. The third-order valence-corrected chi connectivity index (χ3v) is 7.93. The summed E-state index contributed by atoms with van der Waals surface area (Å²) in [4.78, 5) is 11.2. The van der Waals surface area contributed by atoms with Crippen LogP contribution in [0.1, 0.15) is 32.6 Å². The first-order chi connectivity index (χ1) is 12.2. The van der Waals surface area contributed by atoms with E-state index in [4.69, 9.17) is 10.3 Å². The smallest absolute Gasteiger partial charge is 0.306 e. The van der Waals surface area contributed by atoms with Crippen molar-refractivity contribution >= 4 is 16.1 Å². The highest BCUT2D eigenvalue weighted by Crippen LogP contribution is 2.71. The molecule has 4 rings (SSSR count). The third-order valence-electron chi connectivity index (χ3n) is 7.06. The summed E-state index contributed by atoms with van der Waals surface area (Å²) >= 11 is 0. The molecule has 6 atom stereocenters. The lowest BCUT2D eigenvalue weighted by Crippen LogP contribution is -2.63. The van der Waals surface area contributed by atoms with E-state index in [9.17, 15) is 18.3 Å². The largest absolute Gasteiger partial charge is 0.481 e. The van der Waals surface area contributed by atoms with E-state index in [1.54, 1.807) is 18.2 Å². The minimum atomic E-state index is -4.00. The number of hydrogen-bond acceptors (Lipinski definition) is 4. The second-order valence-electron chi connectivity index (χ2n) is 7.96. The molecule has 0 saturated heterocycles. The molecule has 2 bridgehead atoms. The maximum absolute atomic E-state index is 11.3. The second-order valence-corrected chi connectivity index (χ2v) is 9.38. The molecule has 0 heterocycles. The Labute approximate surface area is 154 Å². The minimum absolute atomic E-state index is 0.0677. The van der Waals surface area contributed by atoms with Gasteiger partial charge in [0, 0.05) is 5.41 Å². The first-order valence-electron chi connectivity index (χ1n) is 9.17. The predicted molar refractivity (Wildman–Crippen MR) is 97.0 cm³/mol. The van der Waals surface area contributed by atoms with Crippen molar-refractivity contribution in [2.75, 3.05) is 6.54 Å². The lowest BCUT2D eigenvalue weighted by atomic mass is 9.43. The zero-order chi connectivity index (χ0) is 19.1.